The minimum absolute atomic E-state index is 0.427. The molecule has 0 aliphatic carbocycles. The number of rotatable bonds is 3. The smallest absolute Gasteiger partial charge is 0.0825 e. The second kappa shape index (κ2) is 3.65. The number of hydrogen-bond donors (Lipinski definition) is 2. The lowest BCUT2D eigenvalue weighted by atomic mass is 10.1. The van der Waals surface area contributed by atoms with Crippen molar-refractivity contribution in [1.29, 1.82) is 0 Å². The lowest BCUT2D eigenvalue weighted by Crippen LogP contribution is -2.05. The number of aromatic nitrogens is 1. The van der Waals surface area contributed by atoms with Gasteiger partial charge in [0, 0.05) is 17.1 Å². The van der Waals surface area contributed by atoms with Crippen LogP contribution < -0.4 is 5.73 Å². The van der Waals surface area contributed by atoms with Crippen LogP contribution in [0.1, 0.15) is 18.1 Å². The highest BCUT2D eigenvalue weighted by atomic mass is 32.1. The van der Waals surface area contributed by atoms with E-state index >= 15 is 0 Å². The highest BCUT2D eigenvalue weighted by molar-refractivity contribution is 7.03. The summed E-state index contributed by atoms with van der Waals surface area (Å²) < 4.78 is 3.87. The Kier molecular flexibility index (Phi) is 2.80. The molecule has 0 aliphatic rings. The number of hydrogen-bond acceptors (Lipinski definition) is 4. The molecule has 3 nitrogen and oxygen atoms in total. The van der Waals surface area contributed by atoms with Crippen molar-refractivity contribution in [1.82, 2.24) is 4.37 Å². The zero-order chi connectivity index (χ0) is 7.40. The fourth-order valence-electron chi connectivity index (χ4n) is 0.702. The summed E-state index contributed by atoms with van der Waals surface area (Å²) in [6.07, 6.45) is 1.85. The van der Waals surface area contributed by atoms with Gasteiger partial charge in [0.2, 0.25) is 0 Å². The average molecular weight is 158 g/mol. The summed E-state index contributed by atoms with van der Waals surface area (Å²) in [7, 11) is 0. The van der Waals surface area contributed by atoms with Gasteiger partial charge in [-0.1, -0.05) is 0 Å². The monoisotopic (exact) mass is 158 g/mol. The van der Waals surface area contributed by atoms with E-state index in [1.165, 1.54) is 11.5 Å². The van der Waals surface area contributed by atoms with Crippen LogP contribution in [0.25, 0.3) is 0 Å². The quantitative estimate of drug-likeness (QED) is 0.674. The first kappa shape index (κ1) is 7.65. The van der Waals surface area contributed by atoms with E-state index in [-0.39, 0.29) is 0 Å². The summed E-state index contributed by atoms with van der Waals surface area (Å²) in [5, 5.41) is 11.1. The molecule has 1 aromatic rings. The van der Waals surface area contributed by atoms with Crippen molar-refractivity contribution in [3.63, 3.8) is 0 Å². The van der Waals surface area contributed by atoms with E-state index in [1.807, 2.05) is 5.38 Å². The second-order valence-electron chi connectivity index (χ2n) is 2.05. The van der Waals surface area contributed by atoms with E-state index in [2.05, 4.69) is 4.37 Å². The maximum Gasteiger partial charge on any atom is 0.0825 e. The predicted octanol–water partition coefficient (Wildman–Crippen LogP) is 0.525. The normalized spacial score (nSPS) is 13.4. The van der Waals surface area contributed by atoms with E-state index < -0.39 is 6.10 Å². The minimum atomic E-state index is -0.427. The Morgan fingerprint density at radius 2 is 2.60 bits per heavy atom. The fourth-order valence-corrected chi connectivity index (χ4v) is 1.29. The summed E-state index contributed by atoms with van der Waals surface area (Å²) in [5.74, 6) is 0. The molecule has 0 aromatic carbocycles. The zero-order valence-corrected chi connectivity index (χ0v) is 6.34. The maximum atomic E-state index is 9.30. The minimum Gasteiger partial charge on any atom is -0.388 e. The van der Waals surface area contributed by atoms with Crippen molar-refractivity contribution in [2.24, 2.45) is 5.73 Å². The van der Waals surface area contributed by atoms with Gasteiger partial charge in [-0.2, -0.15) is 0 Å². The van der Waals surface area contributed by atoms with Crippen molar-refractivity contribution in [3.05, 3.63) is 17.1 Å². The lowest BCUT2D eigenvalue weighted by Gasteiger charge is -2.03. The third-order valence-corrected chi connectivity index (χ3v) is 1.88. The molecule has 1 atom stereocenters. The van der Waals surface area contributed by atoms with Crippen LogP contribution in [0.5, 0.6) is 0 Å². The Labute approximate surface area is 63.7 Å². The third-order valence-electron chi connectivity index (χ3n) is 1.28. The van der Waals surface area contributed by atoms with Gasteiger partial charge in [0.1, 0.15) is 0 Å². The van der Waals surface area contributed by atoms with Crippen molar-refractivity contribution in [2.75, 3.05) is 6.54 Å². The molecule has 0 bridgehead atoms. The molecule has 4 heteroatoms. The first-order chi connectivity index (χ1) is 4.84. The van der Waals surface area contributed by atoms with E-state index in [4.69, 9.17) is 5.73 Å². The Morgan fingerprint density at radius 3 is 3.10 bits per heavy atom. The van der Waals surface area contributed by atoms with Gasteiger partial charge in [-0.15, -0.1) is 0 Å². The molecule has 0 aliphatic heterocycles. The van der Waals surface area contributed by atoms with Gasteiger partial charge in [0.05, 0.1) is 6.10 Å². The van der Waals surface area contributed by atoms with E-state index in [1.54, 1.807) is 6.20 Å². The molecule has 0 saturated carbocycles. The molecule has 0 amide bonds. The molecular weight excluding hydrogens is 148 g/mol. The molecular formula is C6H10N2OS. The third kappa shape index (κ3) is 1.76. The van der Waals surface area contributed by atoms with E-state index in [0.29, 0.717) is 13.0 Å². The first-order valence-electron chi connectivity index (χ1n) is 3.12. The highest BCUT2D eigenvalue weighted by Crippen LogP contribution is 2.15. The average Bonchev–Trinajstić information content (AvgIpc) is 2.38. The Bertz CT molecular complexity index is 176. The Balaban J connectivity index is 2.50. The zero-order valence-electron chi connectivity index (χ0n) is 5.53. The van der Waals surface area contributed by atoms with Crippen LogP contribution >= 0.6 is 11.5 Å². The fraction of sp³-hybridized carbons (Fsp3) is 0.500. The molecule has 0 spiro atoms. The van der Waals surface area contributed by atoms with Crippen molar-refractivity contribution < 1.29 is 5.11 Å². The lowest BCUT2D eigenvalue weighted by molar-refractivity contribution is 0.170. The molecule has 0 radical (unpaired) electrons. The van der Waals surface area contributed by atoms with Gasteiger partial charge in [0.25, 0.3) is 0 Å². The van der Waals surface area contributed by atoms with E-state index in [9.17, 15) is 5.11 Å². The van der Waals surface area contributed by atoms with Gasteiger partial charge in [0.15, 0.2) is 0 Å². The molecule has 1 rings (SSSR count). The van der Waals surface area contributed by atoms with Crippen LogP contribution in [0.15, 0.2) is 11.6 Å². The maximum absolute atomic E-state index is 9.30. The largest absolute Gasteiger partial charge is 0.388 e. The van der Waals surface area contributed by atoms with Gasteiger partial charge in [-0.05, 0) is 24.5 Å². The standard InChI is InChI=1S/C6H10N2OS/c7-2-1-6(9)5-3-8-10-4-5/h3-4,6,9H,1-2,7H2. The number of nitrogens with zero attached hydrogens (tertiary/aromatic N) is 1. The molecule has 0 fully saturated rings. The molecule has 1 aromatic heterocycles. The first-order valence-corrected chi connectivity index (χ1v) is 3.95. The van der Waals surface area contributed by atoms with Crippen LogP contribution in [0.2, 0.25) is 0 Å². The Hall–Kier alpha value is -0.450. The Morgan fingerprint density at radius 1 is 1.80 bits per heavy atom. The second-order valence-corrected chi connectivity index (χ2v) is 2.71. The van der Waals surface area contributed by atoms with Crippen LogP contribution in [-0.4, -0.2) is 16.0 Å². The summed E-state index contributed by atoms with van der Waals surface area (Å²) in [6, 6.07) is 0. The van der Waals surface area contributed by atoms with E-state index in [0.717, 1.165) is 5.56 Å². The van der Waals surface area contributed by atoms with Crippen molar-refractivity contribution >= 4 is 11.5 Å². The summed E-state index contributed by atoms with van der Waals surface area (Å²) >= 11 is 1.34. The van der Waals surface area contributed by atoms with Crippen molar-refractivity contribution in [2.45, 2.75) is 12.5 Å². The summed E-state index contributed by atoms with van der Waals surface area (Å²) in [5.41, 5.74) is 6.13. The van der Waals surface area contributed by atoms with Crippen molar-refractivity contribution in [3.8, 4) is 0 Å². The summed E-state index contributed by atoms with van der Waals surface area (Å²) in [6.45, 7) is 0.511. The molecule has 10 heavy (non-hydrogen) atoms. The van der Waals surface area contributed by atoms with Gasteiger partial charge in [-0.3, -0.25) is 0 Å². The number of aliphatic hydroxyl groups excluding tert-OH is 1. The van der Waals surface area contributed by atoms with Crippen LogP contribution in [0.3, 0.4) is 0 Å². The number of nitrogens with two attached hydrogens (primary N) is 1. The highest BCUT2D eigenvalue weighted by Gasteiger charge is 2.05. The molecule has 0 saturated heterocycles. The topological polar surface area (TPSA) is 59.1 Å². The predicted molar refractivity (Wildman–Crippen MR) is 40.7 cm³/mol. The SMILES string of the molecule is NCCC(O)c1cnsc1. The van der Waals surface area contributed by atoms with Gasteiger partial charge < -0.3 is 10.8 Å². The number of aliphatic hydroxyl groups is 1. The van der Waals surface area contributed by atoms with Gasteiger partial charge in [-0.25, -0.2) is 4.37 Å². The molecule has 1 unspecified atom stereocenters. The van der Waals surface area contributed by atoms with Gasteiger partial charge >= 0.3 is 0 Å². The van der Waals surface area contributed by atoms with Crippen LogP contribution in [0.4, 0.5) is 0 Å². The van der Waals surface area contributed by atoms with Crippen LogP contribution in [-0.2, 0) is 0 Å². The summed E-state index contributed by atoms with van der Waals surface area (Å²) in [4.78, 5) is 0. The van der Waals surface area contributed by atoms with Crippen LogP contribution in [0, 0.1) is 0 Å². The molecule has 1 heterocycles. The molecule has 3 N–H and O–H groups in total. The molecule has 56 valence electrons.